The molecule has 72 heavy (non-hydrogen) atoms. The molecule has 0 saturated carbocycles. The molecular weight excluding hydrogens is 879 g/mol. The Hall–Kier alpha value is -10.0. The number of pyridine rings is 2. The van der Waals surface area contributed by atoms with Gasteiger partial charge >= 0.3 is 0 Å². The zero-order chi connectivity index (χ0) is 47.4. The lowest BCUT2D eigenvalue weighted by Crippen LogP contribution is -2.09. The molecular formula is C65H39N7. The molecule has 0 bridgehead atoms. The highest BCUT2D eigenvalue weighted by Crippen LogP contribution is 2.46. The number of nitrogens with zero attached hydrogens (tertiary/aromatic N) is 7. The molecule has 9 aromatic carbocycles. The highest BCUT2D eigenvalue weighted by Gasteiger charge is 2.28. The Labute approximate surface area is 412 Å². The van der Waals surface area contributed by atoms with E-state index in [9.17, 15) is 5.26 Å². The fourth-order valence-electron chi connectivity index (χ4n) is 11.7. The van der Waals surface area contributed by atoms with Crippen LogP contribution in [0.15, 0.2) is 237 Å². The lowest BCUT2D eigenvalue weighted by molar-refractivity contribution is 1.08. The first-order chi connectivity index (χ1) is 35.7. The molecule has 6 heterocycles. The number of hydrogen-bond donors (Lipinski definition) is 0. The largest absolute Gasteiger partial charge is 0.307 e. The van der Waals surface area contributed by atoms with Crippen molar-refractivity contribution in [3.05, 3.63) is 242 Å². The second-order valence-corrected chi connectivity index (χ2v) is 18.4. The number of fused-ring (bicyclic) bond motifs is 12. The Morgan fingerprint density at radius 1 is 0.292 bits per heavy atom. The van der Waals surface area contributed by atoms with Crippen LogP contribution in [0.2, 0.25) is 0 Å². The Morgan fingerprint density at radius 2 is 0.542 bits per heavy atom. The Kier molecular flexibility index (Phi) is 8.59. The van der Waals surface area contributed by atoms with Gasteiger partial charge in [0.2, 0.25) is 0 Å². The van der Waals surface area contributed by atoms with E-state index in [2.05, 4.69) is 249 Å². The highest BCUT2D eigenvalue weighted by atomic mass is 15.1. The first-order valence-corrected chi connectivity index (χ1v) is 24.2. The van der Waals surface area contributed by atoms with Gasteiger partial charge in [-0.15, -0.1) is 0 Å². The lowest BCUT2D eigenvalue weighted by atomic mass is 9.92. The Balaban J connectivity index is 1.05. The normalized spacial score (nSPS) is 11.9. The van der Waals surface area contributed by atoms with Crippen LogP contribution in [0.4, 0.5) is 0 Å². The van der Waals surface area contributed by atoms with Crippen LogP contribution in [0.1, 0.15) is 5.56 Å². The molecule has 0 unspecified atom stereocenters. The summed E-state index contributed by atoms with van der Waals surface area (Å²) in [5.74, 6) is 1.61. The van der Waals surface area contributed by atoms with Crippen LogP contribution < -0.4 is 0 Å². The molecule has 0 aliphatic carbocycles. The van der Waals surface area contributed by atoms with Crippen LogP contribution in [-0.2, 0) is 0 Å². The number of benzene rings is 9. The van der Waals surface area contributed by atoms with E-state index in [1.54, 1.807) is 0 Å². The van der Waals surface area contributed by atoms with Crippen molar-refractivity contribution >= 4 is 87.2 Å². The van der Waals surface area contributed by atoms with Gasteiger partial charge in [0, 0.05) is 77.7 Å². The van der Waals surface area contributed by atoms with Gasteiger partial charge in [0.15, 0.2) is 0 Å². The number of hydrogen-bond acceptors (Lipinski definition) is 3. The zero-order valence-electron chi connectivity index (χ0n) is 38.6. The van der Waals surface area contributed by atoms with E-state index in [0.717, 1.165) is 111 Å². The summed E-state index contributed by atoms with van der Waals surface area (Å²) in [6.45, 7) is 0. The fraction of sp³-hybridized carbons (Fsp3) is 0. The maximum atomic E-state index is 12.2. The minimum absolute atomic E-state index is 0.526. The van der Waals surface area contributed by atoms with Gasteiger partial charge in [-0.25, -0.2) is 9.97 Å². The molecule has 0 fully saturated rings. The van der Waals surface area contributed by atoms with Gasteiger partial charge in [-0.1, -0.05) is 146 Å². The van der Waals surface area contributed by atoms with Crippen molar-refractivity contribution in [3.63, 3.8) is 0 Å². The van der Waals surface area contributed by atoms with Gasteiger partial charge in [-0.05, 0) is 78.9 Å². The van der Waals surface area contributed by atoms with Crippen LogP contribution in [0.25, 0.3) is 132 Å². The molecule has 0 aliphatic rings. The fourth-order valence-corrected chi connectivity index (χ4v) is 11.7. The van der Waals surface area contributed by atoms with Crippen molar-refractivity contribution < 1.29 is 0 Å². The Bertz CT molecular complexity index is 4240. The van der Waals surface area contributed by atoms with E-state index in [1.165, 1.54) is 21.5 Å². The van der Waals surface area contributed by atoms with Crippen LogP contribution in [0.3, 0.4) is 0 Å². The van der Waals surface area contributed by atoms with Crippen molar-refractivity contribution in [1.29, 1.82) is 5.26 Å². The maximum absolute atomic E-state index is 12.2. The van der Waals surface area contributed by atoms with E-state index in [1.807, 2.05) is 12.4 Å². The van der Waals surface area contributed by atoms with Gasteiger partial charge in [0.05, 0.1) is 55.5 Å². The monoisotopic (exact) mass is 917 g/mol. The summed E-state index contributed by atoms with van der Waals surface area (Å²) >= 11 is 0. The van der Waals surface area contributed by atoms with E-state index in [0.29, 0.717) is 5.56 Å². The van der Waals surface area contributed by atoms with Crippen molar-refractivity contribution in [2.75, 3.05) is 0 Å². The number of para-hydroxylation sites is 8. The van der Waals surface area contributed by atoms with Gasteiger partial charge < -0.3 is 9.13 Å². The summed E-state index contributed by atoms with van der Waals surface area (Å²) in [5, 5.41) is 21.3. The van der Waals surface area contributed by atoms with E-state index >= 15 is 0 Å². The quantitative estimate of drug-likeness (QED) is 0.167. The van der Waals surface area contributed by atoms with Crippen LogP contribution in [0, 0.1) is 11.3 Å². The summed E-state index contributed by atoms with van der Waals surface area (Å²) < 4.78 is 9.07. The van der Waals surface area contributed by atoms with Gasteiger partial charge in [-0.3, -0.25) is 9.13 Å². The average molecular weight is 918 g/mol. The number of rotatable bonds is 6. The molecule has 0 N–H and O–H groups in total. The Morgan fingerprint density at radius 3 is 0.778 bits per heavy atom. The van der Waals surface area contributed by atoms with Crippen molar-refractivity contribution in [2.24, 2.45) is 0 Å². The molecule has 15 rings (SSSR count). The molecule has 334 valence electrons. The molecule has 0 atom stereocenters. The first-order valence-electron chi connectivity index (χ1n) is 24.2. The molecule has 15 aromatic rings. The molecule has 0 aliphatic heterocycles. The first kappa shape index (κ1) is 39.9. The summed E-state index contributed by atoms with van der Waals surface area (Å²) in [4.78, 5) is 10.6. The third-order valence-corrected chi connectivity index (χ3v) is 14.7. The van der Waals surface area contributed by atoms with E-state index in [-0.39, 0.29) is 0 Å². The van der Waals surface area contributed by atoms with Gasteiger partial charge in [-0.2, -0.15) is 5.26 Å². The maximum Gasteiger partial charge on any atom is 0.137 e. The lowest BCUT2D eigenvalue weighted by Gasteiger charge is -2.23. The van der Waals surface area contributed by atoms with Crippen molar-refractivity contribution in [1.82, 2.24) is 28.2 Å². The third kappa shape index (κ3) is 5.66. The predicted molar refractivity (Wildman–Crippen MR) is 295 cm³/mol. The van der Waals surface area contributed by atoms with Crippen LogP contribution >= 0.6 is 0 Å². The topological polar surface area (TPSA) is 69.3 Å². The molecule has 6 aromatic heterocycles. The average Bonchev–Trinajstić information content (AvgIpc) is 4.18. The van der Waals surface area contributed by atoms with E-state index < -0.39 is 0 Å². The summed E-state index contributed by atoms with van der Waals surface area (Å²) in [6.07, 6.45) is 3.94. The SMILES string of the molecule is N#Cc1c(-n2c3ccccc3c3ccccc32)c(-c2ccc(-n3c4ccccc4c4ccccc43)nc2)cc(-c2ccc(-n3c4ccccc4c4ccccc43)nc2)c1-n1c2ccccc2c2ccccc21. The number of aromatic nitrogens is 6. The molecule has 7 nitrogen and oxygen atoms in total. The molecule has 0 saturated heterocycles. The minimum Gasteiger partial charge on any atom is -0.307 e. The molecule has 7 heteroatoms. The number of nitriles is 1. The van der Waals surface area contributed by atoms with Crippen molar-refractivity contribution in [3.8, 4) is 51.3 Å². The van der Waals surface area contributed by atoms with Crippen LogP contribution in [-0.4, -0.2) is 28.2 Å². The standard InChI is InChI=1S/C65H39N7/c66-38-53-64(71-58-29-13-5-21-47(58)48-22-6-14-30-59(48)71)51(41-33-35-62(67-39-41)69-54-25-9-1-17-43(54)44-18-2-10-26-55(44)69)37-52(65(53)72-60-31-15-7-23-49(60)50-24-8-16-32-61(50)72)42-34-36-63(68-40-42)70-56-27-11-3-19-45(56)46-20-4-12-28-57(46)70/h1-37,39-40H. The smallest absolute Gasteiger partial charge is 0.137 e. The second-order valence-electron chi connectivity index (χ2n) is 18.4. The van der Waals surface area contributed by atoms with E-state index in [4.69, 9.17) is 9.97 Å². The van der Waals surface area contributed by atoms with Gasteiger partial charge in [0.25, 0.3) is 0 Å². The summed E-state index contributed by atoms with van der Waals surface area (Å²) in [5.41, 5.74) is 13.9. The zero-order valence-corrected chi connectivity index (χ0v) is 38.6. The molecule has 0 spiro atoms. The summed E-state index contributed by atoms with van der Waals surface area (Å²) in [6, 6.07) is 81.7. The second kappa shape index (κ2) is 15.5. The van der Waals surface area contributed by atoms with Crippen molar-refractivity contribution in [2.45, 2.75) is 0 Å². The minimum atomic E-state index is 0.526. The molecule has 0 radical (unpaired) electrons. The van der Waals surface area contributed by atoms with Crippen LogP contribution in [0.5, 0.6) is 0 Å². The molecule has 0 amide bonds. The third-order valence-electron chi connectivity index (χ3n) is 14.7. The predicted octanol–water partition coefficient (Wildman–Crippen LogP) is 16.1. The summed E-state index contributed by atoms with van der Waals surface area (Å²) in [7, 11) is 0. The van der Waals surface area contributed by atoms with Gasteiger partial charge in [0.1, 0.15) is 23.3 Å². The highest BCUT2D eigenvalue weighted by molar-refractivity contribution is 6.14.